The Morgan fingerprint density at radius 1 is 1.11 bits per heavy atom. The van der Waals surface area contributed by atoms with Gasteiger partial charge in [-0.25, -0.2) is 0 Å². The van der Waals surface area contributed by atoms with Crippen LogP contribution in [0.15, 0.2) is 46.2 Å². The van der Waals surface area contributed by atoms with E-state index in [4.69, 9.17) is 5.73 Å². The first-order valence-electron chi connectivity index (χ1n) is 6.12. The Morgan fingerprint density at radius 3 is 2.58 bits per heavy atom. The fourth-order valence-corrected chi connectivity index (χ4v) is 2.88. The van der Waals surface area contributed by atoms with E-state index in [1.165, 1.54) is 16.0 Å². The minimum Gasteiger partial charge on any atom is -0.326 e. The lowest BCUT2D eigenvalue weighted by atomic mass is 10.1. The number of aryl methyl sites for hydroxylation is 2. The van der Waals surface area contributed by atoms with Gasteiger partial charge in [-0.3, -0.25) is 0 Å². The summed E-state index contributed by atoms with van der Waals surface area (Å²) in [6, 6.07) is 14.4. The van der Waals surface area contributed by atoms with E-state index in [0.717, 1.165) is 10.5 Å². The van der Waals surface area contributed by atoms with Crippen LogP contribution in [0, 0.1) is 25.2 Å². The molecule has 2 nitrogen and oxygen atoms in total. The van der Waals surface area contributed by atoms with Gasteiger partial charge >= 0.3 is 0 Å². The normalized spacial score (nSPS) is 10.2. The van der Waals surface area contributed by atoms with Gasteiger partial charge in [-0.15, -0.1) is 0 Å². The third-order valence-electron chi connectivity index (χ3n) is 2.96. The van der Waals surface area contributed by atoms with Crippen molar-refractivity contribution in [3.05, 3.63) is 58.7 Å². The third-order valence-corrected chi connectivity index (χ3v) is 4.20. The van der Waals surface area contributed by atoms with Crippen molar-refractivity contribution >= 4 is 11.8 Å². The van der Waals surface area contributed by atoms with E-state index in [9.17, 15) is 5.26 Å². The zero-order valence-corrected chi connectivity index (χ0v) is 11.9. The zero-order chi connectivity index (χ0) is 13.8. The van der Waals surface area contributed by atoms with Crippen LogP contribution in [0.2, 0.25) is 0 Å². The standard InChI is InChI=1S/C16H16N2S/c1-11-3-4-12(2)16(7-11)19-15-6-5-13(9-17)8-14(15)10-18/h3-8H,9,17H2,1-2H3. The summed E-state index contributed by atoms with van der Waals surface area (Å²) >= 11 is 1.64. The third kappa shape index (κ3) is 3.17. The second-order valence-corrected chi connectivity index (χ2v) is 5.60. The van der Waals surface area contributed by atoms with Gasteiger partial charge in [0, 0.05) is 16.3 Å². The van der Waals surface area contributed by atoms with Crippen molar-refractivity contribution in [1.82, 2.24) is 0 Å². The highest BCUT2D eigenvalue weighted by atomic mass is 32.2. The summed E-state index contributed by atoms with van der Waals surface area (Å²) in [5.41, 5.74) is 9.73. The molecule has 0 aromatic heterocycles. The number of nitriles is 1. The molecule has 0 aliphatic rings. The molecule has 0 saturated carbocycles. The Kier molecular flexibility index (Phi) is 4.26. The highest BCUT2D eigenvalue weighted by Crippen LogP contribution is 2.33. The number of hydrogen-bond donors (Lipinski definition) is 1. The van der Waals surface area contributed by atoms with Crippen molar-refractivity contribution in [1.29, 1.82) is 5.26 Å². The molecular formula is C16H16N2S. The molecule has 0 radical (unpaired) electrons. The highest BCUT2D eigenvalue weighted by molar-refractivity contribution is 7.99. The van der Waals surface area contributed by atoms with Crippen LogP contribution in [0.4, 0.5) is 0 Å². The average Bonchev–Trinajstić information content (AvgIpc) is 2.43. The summed E-state index contributed by atoms with van der Waals surface area (Å²) in [7, 11) is 0. The predicted molar refractivity (Wildman–Crippen MR) is 79.1 cm³/mol. The molecule has 0 bridgehead atoms. The SMILES string of the molecule is Cc1ccc(C)c(Sc2ccc(CN)cc2C#N)c1. The van der Waals surface area contributed by atoms with Crippen LogP contribution in [0.1, 0.15) is 22.3 Å². The summed E-state index contributed by atoms with van der Waals surface area (Å²) in [5.74, 6) is 0. The Morgan fingerprint density at radius 2 is 1.89 bits per heavy atom. The van der Waals surface area contributed by atoms with Crippen LogP contribution in [0.3, 0.4) is 0 Å². The maximum absolute atomic E-state index is 9.24. The lowest BCUT2D eigenvalue weighted by Crippen LogP contribution is -1.97. The van der Waals surface area contributed by atoms with Gasteiger partial charge in [0.1, 0.15) is 6.07 Å². The largest absolute Gasteiger partial charge is 0.326 e. The molecule has 3 heteroatoms. The van der Waals surface area contributed by atoms with Gasteiger partial charge in [0.25, 0.3) is 0 Å². The first kappa shape index (κ1) is 13.7. The molecule has 0 heterocycles. The highest BCUT2D eigenvalue weighted by Gasteiger charge is 2.07. The summed E-state index contributed by atoms with van der Waals surface area (Å²) in [6.07, 6.45) is 0. The molecule has 2 aromatic rings. The molecule has 2 aromatic carbocycles. The van der Waals surface area contributed by atoms with E-state index in [-0.39, 0.29) is 0 Å². The predicted octanol–water partition coefficient (Wildman–Crippen LogP) is 3.79. The molecule has 0 fully saturated rings. The van der Waals surface area contributed by atoms with Crippen LogP contribution in [-0.4, -0.2) is 0 Å². The fourth-order valence-electron chi connectivity index (χ4n) is 1.82. The van der Waals surface area contributed by atoms with Crippen LogP contribution in [0.5, 0.6) is 0 Å². The van der Waals surface area contributed by atoms with Crippen LogP contribution < -0.4 is 5.73 Å². The summed E-state index contributed by atoms with van der Waals surface area (Å²) in [4.78, 5) is 2.17. The summed E-state index contributed by atoms with van der Waals surface area (Å²) in [6.45, 7) is 4.62. The molecule has 0 aliphatic carbocycles. The number of nitrogens with two attached hydrogens (primary N) is 1. The molecule has 0 amide bonds. The Bertz CT molecular complexity index is 642. The van der Waals surface area contributed by atoms with Crippen LogP contribution in [-0.2, 0) is 6.54 Å². The Hall–Kier alpha value is -1.76. The van der Waals surface area contributed by atoms with E-state index in [2.05, 4.69) is 38.1 Å². The summed E-state index contributed by atoms with van der Waals surface area (Å²) < 4.78 is 0. The van der Waals surface area contributed by atoms with Crippen molar-refractivity contribution in [3.63, 3.8) is 0 Å². The topological polar surface area (TPSA) is 49.8 Å². The van der Waals surface area contributed by atoms with Gasteiger partial charge in [-0.05, 0) is 48.7 Å². The number of nitrogens with zero attached hydrogens (tertiary/aromatic N) is 1. The fraction of sp³-hybridized carbons (Fsp3) is 0.188. The van der Waals surface area contributed by atoms with Gasteiger partial charge in [-0.2, -0.15) is 5.26 Å². The zero-order valence-electron chi connectivity index (χ0n) is 11.1. The van der Waals surface area contributed by atoms with E-state index in [0.29, 0.717) is 12.1 Å². The van der Waals surface area contributed by atoms with Crippen molar-refractivity contribution in [2.45, 2.75) is 30.2 Å². The summed E-state index contributed by atoms with van der Waals surface area (Å²) in [5, 5.41) is 9.24. The minimum atomic E-state index is 0.461. The molecule has 0 saturated heterocycles. The van der Waals surface area contributed by atoms with Crippen molar-refractivity contribution in [3.8, 4) is 6.07 Å². The molecule has 0 spiro atoms. The number of rotatable bonds is 3. The average molecular weight is 268 g/mol. The molecule has 0 atom stereocenters. The molecule has 0 aliphatic heterocycles. The quantitative estimate of drug-likeness (QED) is 0.921. The second kappa shape index (κ2) is 5.92. The van der Waals surface area contributed by atoms with E-state index in [1.54, 1.807) is 11.8 Å². The molecule has 0 unspecified atom stereocenters. The van der Waals surface area contributed by atoms with Crippen molar-refractivity contribution < 1.29 is 0 Å². The molecule has 96 valence electrons. The number of hydrogen-bond acceptors (Lipinski definition) is 3. The Labute approximate surface area is 118 Å². The van der Waals surface area contributed by atoms with E-state index < -0.39 is 0 Å². The lowest BCUT2D eigenvalue weighted by molar-refractivity contribution is 1.06. The number of benzene rings is 2. The minimum absolute atomic E-state index is 0.461. The van der Waals surface area contributed by atoms with Gasteiger partial charge in [0.15, 0.2) is 0 Å². The maximum atomic E-state index is 9.24. The first-order valence-corrected chi connectivity index (χ1v) is 6.94. The van der Waals surface area contributed by atoms with Crippen molar-refractivity contribution in [2.24, 2.45) is 5.73 Å². The first-order chi connectivity index (χ1) is 9.13. The molecule has 2 rings (SSSR count). The van der Waals surface area contributed by atoms with Gasteiger partial charge in [0.2, 0.25) is 0 Å². The van der Waals surface area contributed by atoms with Gasteiger partial charge in [0.05, 0.1) is 5.56 Å². The smallest absolute Gasteiger partial charge is 0.100 e. The monoisotopic (exact) mass is 268 g/mol. The lowest BCUT2D eigenvalue weighted by Gasteiger charge is -2.09. The molecule has 19 heavy (non-hydrogen) atoms. The van der Waals surface area contributed by atoms with Gasteiger partial charge < -0.3 is 5.73 Å². The molecule has 2 N–H and O–H groups in total. The Balaban J connectivity index is 2.38. The second-order valence-electron chi connectivity index (χ2n) is 4.52. The van der Waals surface area contributed by atoms with E-state index >= 15 is 0 Å². The molecular weight excluding hydrogens is 252 g/mol. The van der Waals surface area contributed by atoms with Gasteiger partial charge in [-0.1, -0.05) is 30.0 Å². The maximum Gasteiger partial charge on any atom is 0.100 e. The van der Waals surface area contributed by atoms with Crippen molar-refractivity contribution in [2.75, 3.05) is 0 Å². The van der Waals surface area contributed by atoms with E-state index in [1.807, 2.05) is 18.2 Å². The van der Waals surface area contributed by atoms with Crippen LogP contribution >= 0.6 is 11.8 Å². The van der Waals surface area contributed by atoms with Crippen LogP contribution in [0.25, 0.3) is 0 Å².